The van der Waals surface area contributed by atoms with E-state index in [1.54, 1.807) is 0 Å². The van der Waals surface area contributed by atoms with Crippen LogP contribution in [-0.4, -0.2) is 9.97 Å². The Morgan fingerprint density at radius 3 is 0.833 bits per heavy atom. The molecule has 1 aromatic heterocycles. The van der Waals surface area contributed by atoms with E-state index in [0.717, 1.165) is 50.3 Å². The molecule has 0 aliphatic rings. The van der Waals surface area contributed by atoms with E-state index >= 15 is 0 Å². The molecule has 0 fully saturated rings. The van der Waals surface area contributed by atoms with E-state index in [-0.39, 0.29) is 0 Å². The molecule has 0 amide bonds. The van der Waals surface area contributed by atoms with Gasteiger partial charge in [-0.3, -0.25) is 0 Å². The molecule has 60 heavy (non-hydrogen) atoms. The molecule has 282 valence electrons. The van der Waals surface area contributed by atoms with Crippen LogP contribution in [0.2, 0.25) is 0 Å². The highest BCUT2D eigenvalue weighted by atomic mass is 14.9. The summed E-state index contributed by atoms with van der Waals surface area (Å²) in [4.78, 5) is 10.6. The van der Waals surface area contributed by atoms with Gasteiger partial charge >= 0.3 is 0 Å². The minimum Gasteiger partial charge on any atom is -0.228 e. The van der Waals surface area contributed by atoms with Crippen molar-refractivity contribution in [3.63, 3.8) is 0 Å². The topological polar surface area (TPSA) is 25.8 Å². The Hall–Kier alpha value is -7.94. The van der Waals surface area contributed by atoms with Crippen molar-refractivity contribution in [2.75, 3.05) is 0 Å². The third-order valence-electron chi connectivity index (χ3n) is 11.1. The average Bonchev–Trinajstić information content (AvgIpc) is 3.35. The van der Waals surface area contributed by atoms with Gasteiger partial charge in [0.15, 0.2) is 5.82 Å². The number of hydrogen-bond acceptors (Lipinski definition) is 2. The summed E-state index contributed by atoms with van der Waals surface area (Å²) in [6, 6.07) is 86.1. The number of aromatic nitrogens is 2. The van der Waals surface area contributed by atoms with Crippen LogP contribution < -0.4 is 0 Å². The maximum absolute atomic E-state index is 5.30. The lowest BCUT2D eigenvalue weighted by molar-refractivity contribution is 1.18. The minimum atomic E-state index is 0.673. The summed E-state index contributed by atoms with van der Waals surface area (Å²) >= 11 is 0. The third-order valence-corrected chi connectivity index (χ3v) is 11.1. The summed E-state index contributed by atoms with van der Waals surface area (Å²) in [5.74, 6) is 0.673. The molecular weight excluding hydrogens is 725 g/mol. The van der Waals surface area contributed by atoms with Crippen molar-refractivity contribution in [1.82, 2.24) is 9.97 Å². The molecule has 2 nitrogen and oxygen atoms in total. The number of hydrogen-bond donors (Lipinski definition) is 0. The molecule has 0 aliphatic heterocycles. The standard InChI is InChI=1S/C58H40N2/c1-7-19-41(20-8-1)52-33-31-47(38-54(52)43-23-11-3-12-24-43)49-35-50(48-32-34-53(42-21-9-2-10-22-42)55(39-48)44-25-13-4-14-26-44)37-51(36-49)58-59-56(45-27-15-5-16-28-45)40-57(60-58)46-29-17-6-18-30-46/h1-40H. The van der Waals surface area contributed by atoms with Crippen LogP contribution >= 0.6 is 0 Å². The largest absolute Gasteiger partial charge is 0.228 e. The van der Waals surface area contributed by atoms with Gasteiger partial charge < -0.3 is 0 Å². The van der Waals surface area contributed by atoms with Gasteiger partial charge in [0.25, 0.3) is 0 Å². The summed E-state index contributed by atoms with van der Waals surface area (Å²) in [5, 5.41) is 0. The molecule has 10 rings (SSSR count). The SMILES string of the molecule is c1ccc(-c2cc(-c3ccccc3)nc(-c3cc(-c4ccc(-c5ccccc5)c(-c5ccccc5)c4)cc(-c4ccc(-c5ccccc5)c(-c5ccccc5)c4)c3)n2)cc1. The van der Waals surface area contributed by atoms with Gasteiger partial charge in [-0.05, 0) is 103 Å². The van der Waals surface area contributed by atoms with Crippen molar-refractivity contribution >= 4 is 0 Å². The van der Waals surface area contributed by atoms with Gasteiger partial charge in [0.2, 0.25) is 0 Å². The lowest BCUT2D eigenvalue weighted by Gasteiger charge is -2.17. The minimum absolute atomic E-state index is 0.673. The second-order valence-corrected chi connectivity index (χ2v) is 15.0. The fourth-order valence-corrected chi connectivity index (χ4v) is 8.08. The molecule has 0 saturated heterocycles. The molecule has 2 heteroatoms. The fraction of sp³-hybridized carbons (Fsp3) is 0. The van der Waals surface area contributed by atoms with Crippen LogP contribution in [0.1, 0.15) is 0 Å². The first-order valence-electron chi connectivity index (χ1n) is 20.4. The van der Waals surface area contributed by atoms with E-state index in [0.29, 0.717) is 5.82 Å². The zero-order chi connectivity index (χ0) is 40.1. The van der Waals surface area contributed by atoms with Gasteiger partial charge in [-0.25, -0.2) is 9.97 Å². The fourth-order valence-electron chi connectivity index (χ4n) is 8.08. The molecule has 0 N–H and O–H groups in total. The summed E-state index contributed by atoms with van der Waals surface area (Å²) in [6.07, 6.45) is 0. The summed E-state index contributed by atoms with van der Waals surface area (Å²) in [6.45, 7) is 0. The molecule has 0 atom stereocenters. The Kier molecular flexibility index (Phi) is 10.0. The van der Waals surface area contributed by atoms with E-state index in [2.05, 4.69) is 231 Å². The van der Waals surface area contributed by atoms with Crippen molar-refractivity contribution in [2.45, 2.75) is 0 Å². The highest BCUT2D eigenvalue weighted by molar-refractivity contribution is 5.91. The third kappa shape index (κ3) is 7.58. The first-order valence-corrected chi connectivity index (χ1v) is 20.4. The van der Waals surface area contributed by atoms with Gasteiger partial charge in [-0.1, -0.05) is 206 Å². The van der Waals surface area contributed by atoms with Gasteiger partial charge in [0, 0.05) is 16.7 Å². The quantitative estimate of drug-likeness (QED) is 0.146. The average molecular weight is 765 g/mol. The van der Waals surface area contributed by atoms with Crippen LogP contribution in [-0.2, 0) is 0 Å². The number of benzene rings is 9. The van der Waals surface area contributed by atoms with Gasteiger partial charge in [-0.2, -0.15) is 0 Å². The van der Waals surface area contributed by atoms with Crippen LogP contribution in [0.4, 0.5) is 0 Å². The Labute approximate surface area is 351 Å². The molecule has 0 radical (unpaired) electrons. The molecule has 10 aromatic rings. The van der Waals surface area contributed by atoms with Crippen molar-refractivity contribution in [2.24, 2.45) is 0 Å². The number of nitrogens with zero attached hydrogens (tertiary/aromatic N) is 2. The van der Waals surface area contributed by atoms with E-state index in [9.17, 15) is 0 Å². The number of rotatable bonds is 9. The van der Waals surface area contributed by atoms with Crippen molar-refractivity contribution in [3.05, 3.63) is 243 Å². The zero-order valence-electron chi connectivity index (χ0n) is 33.0. The lowest BCUT2D eigenvalue weighted by atomic mass is 9.88. The lowest BCUT2D eigenvalue weighted by Crippen LogP contribution is -1.97. The first kappa shape index (κ1) is 36.4. The van der Waals surface area contributed by atoms with E-state index < -0.39 is 0 Å². The normalized spacial score (nSPS) is 11.0. The van der Waals surface area contributed by atoms with Crippen LogP contribution in [0, 0.1) is 0 Å². The molecule has 1 heterocycles. The smallest absolute Gasteiger partial charge is 0.160 e. The maximum atomic E-state index is 5.30. The predicted octanol–water partition coefficient (Wildman–Crippen LogP) is 15.5. The summed E-state index contributed by atoms with van der Waals surface area (Å²) < 4.78 is 0. The Morgan fingerprint density at radius 1 is 0.183 bits per heavy atom. The molecule has 0 unspecified atom stereocenters. The first-order chi connectivity index (χ1) is 29.7. The van der Waals surface area contributed by atoms with Crippen LogP contribution in [0.25, 0.3) is 101 Å². The Bertz CT molecular complexity index is 2830. The molecule has 0 aliphatic carbocycles. The van der Waals surface area contributed by atoms with Gasteiger partial charge in [-0.15, -0.1) is 0 Å². The molecule has 9 aromatic carbocycles. The van der Waals surface area contributed by atoms with E-state index in [4.69, 9.17) is 9.97 Å². The summed E-state index contributed by atoms with van der Waals surface area (Å²) in [5.41, 5.74) is 18.6. The second kappa shape index (κ2) is 16.5. The monoisotopic (exact) mass is 764 g/mol. The Balaban J connectivity index is 1.21. The van der Waals surface area contributed by atoms with Crippen molar-refractivity contribution in [1.29, 1.82) is 0 Å². The van der Waals surface area contributed by atoms with Crippen molar-refractivity contribution < 1.29 is 0 Å². The van der Waals surface area contributed by atoms with E-state index in [1.807, 2.05) is 12.1 Å². The van der Waals surface area contributed by atoms with Gasteiger partial charge in [0.05, 0.1) is 11.4 Å². The maximum Gasteiger partial charge on any atom is 0.160 e. The van der Waals surface area contributed by atoms with Crippen molar-refractivity contribution in [3.8, 4) is 101 Å². The van der Waals surface area contributed by atoms with Crippen LogP contribution in [0.5, 0.6) is 0 Å². The van der Waals surface area contributed by atoms with Crippen LogP contribution in [0.3, 0.4) is 0 Å². The highest BCUT2D eigenvalue weighted by Crippen LogP contribution is 2.41. The van der Waals surface area contributed by atoms with E-state index in [1.165, 1.54) is 44.5 Å². The van der Waals surface area contributed by atoms with Crippen LogP contribution in [0.15, 0.2) is 243 Å². The molecular formula is C58H40N2. The van der Waals surface area contributed by atoms with Gasteiger partial charge in [0.1, 0.15) is 0 Å². The highest BCUT2D eigenvalue weighted by Gasteiger charge is 2.17. The Morgan fingerprint density at radius 2 is 0.483 bits per heavy atom. The summed E-state index contributed by atoms with van der Waals surface area (Å²) in [7, 11) is 0. The zero-order valence-corrected chi connectivity index (χ0v) is 33.0. The molecule has 0 bridgehead atoms. The molecule has 0 spiro atoms. The predicted molar refractivity (Wildman–Crippen MR) is 251 cm³/mol. The second-order valence-electron chi connectivity index (χ2n) is 15.0. The molecule has 0 saturated carbocycles.